The van der Waals surface area contributed by atoms with Crippen LogP contribution in [0.2, 0.25) is 0 Å². The Balaban J connectivity index is 1.38. The molecule has 1 amide bonds. The number of rotatable bonds is 15. The Bertz CT molecular complexity index is 1380. The summed E-state index contributed by atoms with van der Waals surface area (Å²) in [5, 5.41) is 25.9. The first kappa shape index (κ1) is 31.5. The van der Waals surface area contributed by atoms with E-state index in [1.807, 2.05) is 60.7 Å². The second-order valence-corrected chi connectivity index (χ2v) is 12.4. The quantitative estimate of drug-likeness (QED) is 0.165. The molecule has 42 heavy (non-hydrogen) atoms. The van der Waals surface area contributed by atoms with Crippen LogP contribution in [0.4, 0.5) is 5.69 Å². The van der Waals surface area contributed by atoms with E-state index < -0.39 is 22.0 Å². The molecule has 0 heterocycles. The number of hydrogen-bond acceptors (Lipinski definition) is 8. The summed E-state index contributed by atoms with van der Waals surface area (Å²) in [6.07, 6.45) is 4.88. The third kappa shape index (κ3) is 9.55. The Morgan fingerprint density at radius 2 is 1.67 bits per heavy atom. The minimum Gasteiger partial charge on any atom is -0.492 e. The van der Waals surface area contributed by atoms with Crippen molar-refractivity contribution in [2.45, 2.75) is 50.7 Å². The lowest BCUT2D eigenvalue weighted by Gasteiger charge is -2.25. The maximum atomic E-state index is 13.0. The lowest BCUT2D eigenvalue weighted by molar-refractivity contribution is 0.0982. The van der Waals surface area contributed by atoms with Crippen LogP contribution in [0.3, 0.4) is 0 Å². The van der Waals surface area contributed by atoms with Crippen LogP contribution in [0, 0.1) is 0 Å². The largest absolute Gasteiger partial charge is 0.492 e. The molecule has 0 aromatic heterocycles. The molecule has 10 heteroatoms. The second-order valence-electron chi connectivity index (χ2n) is 10.6. The zero-order chi connectivity index (χ0) is 29.8. The summed E-state index contributed by atoms with van der Waals surface area (Å²) >= 11 is 0. The van der Waals surface area contributed by atoms with Gasteiger partial charge in [0.05, 0.1) is 17.4 Å². The van der Waals surface area contributed by atoms with Gasteiger partial charge in [0, 0.05) is 31.4 Å². The topological polar surface area (TPSA) is 137 Å². The van der Waals surface area contributed by atoms with E-state index in [1.54, 1.807) is 12.1 Å². The summed E-state index contributed by atoms with van der Waals surface area (Å²) in [5.41, 5.74) is 3.55. The summed E-state index contributed by atoms with van der Waals surface area (Å²) in [6, 6.07) is 22.7. The van der Waals surface area contributed by atoms with Gasteiger partial charge in [-0.25, -0.2) is 13.1 Å². The van der Waals surface area contributed by atoms with Crippen LogP contribution < -0.4 is 20.1 Å². The van der Waals surface area contributed by atoms with Crippen molar-refractivity contribution in [1.29, 1.82) is 0 Å². The molecule has 0 unspecified atom stereocenters. The molecular formula is C32H41N3O6S. The Morgan fingerprint density at radius 3 is 2.38 bits per heavy atom. The number of amides is 1. The number of ether oxygens (including phenoxy) is 1. The first-order valence-corrected chi connectivity index (χ1v) is 16.2. The third-order valence-electron chi connectivity index (χ3n) is 7.31. The average Bonchev–Trinajstić information content (AvgIpc) is 3.01. The summed E-state index contributed by atoms with van der Waals surface area (Å²) in [7, 11) is -3.85. The van der Waals surface area contributed by atoms with E-state index in [0.717, 1.165) is 42.4 Å². The van der Waals surface area contributed by atoms with Crippen LogP contribution in [0.15, 0.2) is 72.8 Å². The molecule has 0 bridgehead atoms. The smallest absolute Gasteiger partial charge is 0.266 e. The number of hydrogen-bond donors (Lipinski definition) is 5. The molecule has 0 aliphatic heterocycles. The van der Waals surface area contributed by atoms with Gasteiger partial charge in [-0.3, -0.25) is 4.79 Å². The summed E-state index contributed by atoms with van der Waals surface area (Å²) in [6.45, 7) is 1.20. The third-order valence-corrected chi connectivity index (χ3v) is 8.63. The van der Waals surface area contributed by atoms with E-state index >= 15 is 0 Å². The van der Waals surface area contributed by atoms with E-state index in [-0.39, 0.29) is 30.4 Å². The van der Waals surface area contributed by atoms with Crippen molar-refractivity contribution < 1.29 is 28.2 Å². The Morgan fingerprint density at radius 1 is 0.952 bits per heavy atom. The van der Waals surface area contributed by atoms with Crippen molar-refractivity contribution in [3.8, 4) is 16.9 Å². The number of sulfonamides is 1. The molecule has 1 aliphatic carbocycles. The first-order chi connectivity index (χ1) is 20.3. The predicted molar refractivity (Wildman–Crippen MR) is 165 cm³/mol. The van der Waals surface area contributed by atoms with E-state index in [2.05, 4.69) is 15.4 Å². The van der Waals surface area contributed by atoms with Gasteiger partial charge in [0.15, 0.2) is 0 Å². The van der Waals surface area contributed by atoms with Gasteiger partial charge in [-0.2, -0.15) is 0 Å². The molecule has 1 atom stereocenters. The molecule has 9 nitrogen and oxygen atoms in total. The number of carbonyl (C=O) groups excluding carboxylic acids is 1. The van der Waals surface area contributed by atoms with E-state index in [9.17, 15) is 18.3 Å². The molecule has 3 aromatic rings. The fourth-order valence-corrected chi connectivity index (χ4v) is 6.03. The highest BCUT2D eigenvalue weighted by Crippen LogP contribution is 2.30. The van der Waals surface area contributed by atoms with Crippen molar-refractivity contribution in [3.05, 3.63) is 83.9 Å². The number of benzene rings is 3. The Labute approximate surface area is 248 Å². The average molecular weight is 596 g/mol. The highest BCUT2D eigenvalue weighted by molar-refractivity contribution is 7.90. The molecule has 5 N–H and O–H groups in total. The standard InChI is InChI=1S/C32H41N3O6S/c36-19-7-21-42(39,40)35-32(38)29-17-14-26(22-30(29)34-27-10-5-2-6-11-27)24-12-15-28(16-13-24)41-20-18-33-23-31(37)25-8-3-1-4-9-25/h1,3-4,8-9,12-17,22,27,31,33-34,36-37H,2,5-7,10-11,18-21,23H2,(H,35,38)/t31-/m1/s1. The van der Waals surface area contributed by atoms with Crippen molar-refractivity contribution in [3.63, 3.8) is 0 Å². The lowest BCUT2D eigenvalue weighted by Crippen LogP contribution is -2.34. The normalized spacial score (nSPS) is 14.7. The van der Waals surface area contributed by atoms with Crippen LogP contribution in [0.1, 0.15) is 60.6 Å². The number of aliphatic hydroxyl groups is 2. The Hall–Kier alpha value is -3.44. The number of anilines is 1. The van der Waals surface area contributed by atoms with Gasteiger partial charge in [0.2, 0.25) is 10.0 Å². The van der Waals surface area contributed by atoms with Crippen LogP contribution in [0.25, 0.3) is 11.1 Å². The highest BCUT2D eigenvalue weighted by atomic mass is 32.2. The Kier molecular flexibility index (Phi) is 11.8. The lowest BCUT2D eigenvalue weighted by atomic mass is 9.94. The number of carbonyl (C=O) groups is 1. The zero-order valence-corrected chi connectivity index (χ0v) is 24.6. The van der Waals surface area contributed by atoms with Gasteiger partial charge in [0.1, 0.15) is 12.4 Å². The van der Waals surface area contributed by atoms with Gasteiger partial charge in [-0.05, 0) is 60.2 Å². The molecule has 0 radical (unpaired) electrons. The van der Waals surface area contributed by atoms with Crippen molar-refractivity contribution >= 4 is 21.6 Å². The van der Waals surface area contributed by atoms with Gasteiger partial charge >= 0.3 is 0 Å². The summed E-state index contributed by atoms with van der Waals surface area (Å²) in [5.74, 6) is -0.293. The van der Waals surface area contributed by atoms with Crippen molar-refractivity contribution in [2.75, 3.05) is 37.4 Å². The van der Waals surface area contributed by atoms with Crippen LogP contribution in [0.5, 0.6) is 5.75 Å². The van der Waals surface area contributed by atoms with Crippen LogP contribution in [-0.2, 0) is 10.0 Å². The zero-order valence-electron chi connectivity index (χ0n) is 23.8. The molecule has 226 valence electrons. The molecule has 1 aliphatic rings. The van der Waals surface area contributed by atoms with Gasteiger partial charge in [-0.15, -0.1) is 0 Å². The van der Waals surface area contributed by atoms with Crippen LogP contribution in [-0.4, -0.2) is 62.6 Å². The highest BCUT2D eigenvalue weighted by Gasteiger charge is 2.21. The maximum Gasteiger partial charge on any atom is 0.266 e. The second kappa shape index (κ2) is 15.7. The molecule has 1 fully saturated rings. The van der Waals surface area contributed by atoms with Crippen molar-refractivity contribution in [2.24, 2.45) is 0 Å². The van der Waals surface area contributed by atoms with E-state index in [4.69, 9.17) is 9.84 Å². The van der Waals surface area contributed by atoms with Crippen LogP contribution >= 0.6 is 0 Å². The van der Waals surface area contributed by atoms with Crippen molar-refractivity contribution in [1.82, 2.24) is 10.0 Å². The van der Waals surface area contributed by atoms with Gasteiger partial charge in [-0.1, -0.05) is 67.8 Å². The molecule has 1 saturated carbocycles. The summed E-state index contributed by atoms with van der Waals surface area (Å²) < 4.78 is 32.6. The minimum absolute atomic E-state index is 0.0579. The van der Waals surface area contributed by atoms with E-state index in [0.29, 0.717) is 31.1 Å². The van der Waals surface area contributed by atoms with Gasteiger partial charge < -0.3 is 25.6 Å². The maximum absolute atomic E-state index is 13.0. The number of nitrogens with one attached hydrogen (secondary N) is 3. The minimum atomic E-state index is -3.85. The molecule has 0 spiro atoms. The van der Waals surface area contributed by atoms with E-state index in [1.165, 1.54) is 6.42 Å². The monoisotopic (exact) mass is 595 g/mol. The summed E-state index contributed by atoms with van der Waals surface area (Å²) in [4.78, 5) is 13.0. The first-order valence-electron chi connectivity index (χ1n) is 14.6. The molecule has 3 aromatic carbocycles. The fraction of sp³-hybridized carbons (Fsp3) is 0.406. The predicted octanol–water partition coefficient (Wildman–Crippen LogP) is 4.24. The molecule has 4 rings (SSSR count). The fourth-order valence-electron chi connectivity index (χ4n) is 5.03. The van der Waals surface area contributed by atoms with Gasteiger partial charge in [0.25, 0.3) is 5.91 Å². The molecule has 0 saturated heterocycles. The number of aliphatic hydroxyl groups excluding tert-OH is 2. The SMILES string of the molecule is O=C(NS(=O)(=O)CCCO)c1ccc(-c2ccc(OCCNC[C@@H](O)c3ccccc3)cc2)cc1NC1CCCCC1. The molecular weight excluding hydrogens is 554 g/mol.